The highest BCUT2D eigenvalue weighted by atomic mass is 16.1. The number of hydrogen-bond acceptors (Lipinski definition) is 4. The summed E-state index contributed by atoms with van der Waals surface area (Å²) >= 11 is 0. The van der Waals surface area contributed by atoms with Gasteiger partial charge < -0.3 is 5.73 Å². The van der Waals surface area contributed by atoms with E-state index in [2.05, 4.69) is 70.0 Å². The highest BCUT2D eigenvalue weighted by molar-refractivity contribution is 5.82. The summed E-state index contributed by atoms with van der Waals surface area (Å²) in [5.41, 5.74) is 13.0. The molecule has 0 saturated carbocycles. The van der Waals surface area contributed by atoms with Gasteiger partial charge in [0.15, 0.2) is 0 Å². The fraction of sp³-hybridized carbons (Fsp3) is 0.130. The van der Waals surface area contributed by atoms with E-state index < -0.39 is 0 Å². The Kier molecular flexibility index (Phi) is 5.16. The maximum atomic E-state index is 11.1. The molecule has 1 aromatic heterocycles. The summed E-state index contributed by atoms with van der Waals surface area (Å²) in [6.07, 6.45) is 1.02. The van der Waals surface area contributed by atoms with E-state index in [1.54, 1.807) is 0 Å². The van der Waals surface area contributed by atoms with Gasteiger partial charge in [-0.05, 0) is 51.9 Å². The zero-order valence-corrected chi connectivity index (χ0v) is 16.1. The molecule has 144 valence electrons. The molecule has 3 aromatic carbocycles. The minimum Gasteiger partial charge on any atom is -0.370 e. The number of nitrogens with zero attached hydrogens (tertiary/aromatic N) is 3. The molecule has 0 bridgehead atoms. The summed E-state index contributed by atoms with van der Waals surface area (Å²) in [7, 11) is 0. The number of carbonyl (C=O) groups is 1. The van der Waals surface area contributed by atoms with E-state index in [-0.39, 0.29) is 5.91 Å². The van der Waals surface area contributed by atoms with Crippen molar-refractivity contribution in [3.05, 3.63) is 77.9 Å². The number of carbonyl (C=O) groups excluding carboxylic acids is 1. The lowest BCUT2D eigenvalue weighted by Gasteiger charge is -2.12. The maximum absolute atomic E-state index is 11.1. The van der Waals surface area contributed by atoms with Gasteiger partial charge in [-0.15, -0.1) is 10.2 Å². The minimum atomic E-state index is -0.278. The van der Waals surface area contributed by atoms with Gasteiger partial charge in [0.2, 0.25) is 11.7 Å². The quantitative estimate of drug-likeness (QED) is 0.527. The molecule has 4 aromatic rings. The standard InChI is InChI=1S/C23H21N5O/c1-15-16(13-14-22(24)29)5-4-8-19(15)17-9-11-18(12-10-17)20-6-2-3-7-21(20)23-25-27-28-26-23/h2-12H,13-14H2,1H3,(H2,24,29)(H,25,26,27,28). The molecule has 4 rings (SSSR count). The number of H-pyrrole nitrogens is 1. The largest absolute Gasteiger partial charge is 0.370 e. The smallest absolute Gasteiger partial charge is 0.217 e. The number of primary amides is 1. The van der Waals surface area contributed by atoms with Gasteiger partial charge in [0.25, 0.3) is 0 Å². The third-order valence-corrected chi connectivity index (χ3v) is 5.11. The Morgan fingerprint density at radius 2 is 1.55 bits per heavy atom. The molecule has 0 fully saturated rings. The predicted octanol–water partition coefficient (Wildman–Crippen LogP) is 3.93. The first-order chi connectivity index (χ1) is 14.1. The van der Waals surface area contributed by atoms with Crippen molar-refractivity contribution >= 4 is 5.91 Å². The molecule has 6 nitrogen and oxygen atoms in total. The topological polar surface area (TPSA) is 97.5 Å². The molecule has 0 aliphatic rings. The van der Waals surface area contributed by atoms with E-state index in [1.165, 1.54) is 5.56 Å². The van der Waals surface area contributed by atoms with Crippen LogP contribution in [-0.2, 0) is 11.2 Å². The van der Waals surface area contributed by atoms with Crippen molar-refractivity contribution in [3.63, 3.8) is 0 Å². The first-order valence-corrected chi connectivity index (χ1v) is 9.44. The summed E-state index contributed by atoms with van der Waals surface area (Å²) in [6.45, 7) is 2.09. The molecule has 6 heteroatoms. The SMILES string of the molecule is Cc1c(CCC(N)=O)cccc1-c1ccc(-c2ccccc2-c2nn[nH]n2)cc1. The summed E-state index contributed by atoms with van der Waals surface area (Å²) in [5, 5.41) is 14.4. The number of nitrogens with two attached hydrogens (primary N) is 1. The molecule has 3 N–H and O–H groups in total. The van der Waals surface area contributed by atoms with E-state index >= 15 is 0 Å². The van der Waals surface area contributed by atoms with Gasteiger partial charge in [0.05, 0.1) is 0 Å². The lowest BCUT2D eigenvalue weighted by atomic mass is 9.92. The molecular weight excluding hydrogens is 362 g/mol. The number of rotatable bonds is 6. The Labute approximate surface area is 168 Å². The van der Waals surface area contributed by atoms with Crippen LogP contribution in [0.2, 0.25) is 0 Å². The maximum Gasteiger partial charge on any atom is 0.217 e. The number of hydrogen-bond donors (Lipinski definition) is 2. The van der Waals surface area contributed by atoms with Crippen LogP contribution in [0.3, 0.4) is 0 Å². The van der Waals surface area contributed by atoms with Crippen molar-refractivity contribution in [2.75, 3.05) is 0 Å². The van der Waals surface area contributed by atoms with Crippen LogP contribution in [0.15, 0.2) is 66.7 Å². The molecule has 0 spiro atoms. The van der Waals surface area contributed by atoms with Crippen molar-refractivity contribution in [1.82, 2.24) is 20.6 Å². The first-order valence-electron chi connectivity index (χ1n) is 9.44. The number of aryl methyl sites for hydroxylation is 1. The van der Waals surface area contributed by atoms with Crippen molar-refractivity contribution in [2.24, 2.45) is 5.73 Å². The van der Waals surface area contributed by atoms with E-state index in [4.69, 9.17) is 5.73 Å². The van der Waals surface area contributed by atoms with Crippen molar-refractivity contribution in [2.45, 2.75) is 19.8 Å². The number of benzene rings is 3. The molecule has 0 aliphatic heterocycles. The second-order valence-electron chi connectivity index (χ2n) is 6.91. The molecule has 0 atom stereocenters. The summed E-state index contributed by atoms with van der Waals surface area (Å²) in [5.74, 6) is 0.294. The second kappa shape index (κ2) is 8.06. The Bertz CT molecular complexity index is 1130. The number of aromatic amines is 1. The fourth-order valence-corrected chi connectivity index (χ4v) is 3.56. The van der Waals surface area contributed by atoms with Crippen LogP contribution in [0, 0.1) is 6.92 Å². The number of amides is 1. The van der Waals surface area contributed by atoms with Crippen molar-refractivity contribution in [3.8, 4) is 33.6 Å². The van der Waals surface area contributed by atoms with Crippen LogP contribution in [0.5, 0.6) is 0 Å². The molecule has 0 radical (unpaired) electrons. The van der Waals surface area contributed by atoms with Crippen LogP contribution in [0.25, 0.3) is 33.6 Å². The Morgan fingerprint density at radius 3 is 2.21 bits per heavy atom. The molecule has 0 aliphatic carbocycles. The van der Waals surface area contributed by atoms with Gasteiger partial charge in [-0.3, -0.25) is 4.79 Å². The fourth-order valence-electron chi connectivity index (χ4n) is 3.56. The third kappa shape index (κ3) is 3.91. The lowest BCUT2D eigenvalue weighted by molar-refractivity contribution is -0.117. The second-order valence-corrected chi connectivity index (χ2v) is 6.91. The van der Waals surface area contributed by atoms with E-state index in [0.717, 1.165) is 33.4 Å². The van der Waals surface area contributed by atoms with E-state index in [0.29, 0.717) is 18.7 Å². The summed E-state index contributed by atoms with van der Waals surface area (Å²) in [6, 6.07) is 22.6. The Morgan fingerprint density at radius 1 is 0.897 bits per heavy atom. The lowest BCUT2D eigenvalue weighted by Crippen LogP contribution is -2.11. The zero-order valence-electron chi connectivity index (χ0n) is 16.1. The minimum absolute atomic E-state index is 0.278. The van der Waals surface area contributed by atoms with Crippen molar-refractivity contribution in [1.29, 1.82) is 0 Å². The monoisotopic (exact) mass is 383 g/mol. The van der Waals surface area contributed by atoms with Gasteiger partial charge in [-0.2, -0.15) is 5.21 Å². The van der Waals surface area contributed by atoms with E-state index in [1.807, 2.05) is 24.3 Å². The molecule has 1 heterocycles. The highest BCUT2D eigenvalue weighted by Crippen LogP contribution is 2.32. The normalized spacial score (nSPS) is 10.8. The van der Waals surface area contributed by atoms with Gasteiger partial charge in [-0.1, -0.05) is 66.7 Å². The number of tetrazole rings is 1. The first kappa shape index (κ1) is 18.6. The molecular formula is C23H21N5O. The number of nitrogens with one attached hydrogen (secondary N) is 1. The van der Waals surface area contributed by atoms with Crippen LogP contribution in [0.4, 0.5) is 0 Å². The molecule has 0 unspecified atom stereocenters. The third-order valence-electron chi connectivity index (χ3n) is 5.11. The molecule has 29 heavy (non-hydrogen) atoms. The average Bonchev–Trinajstić information content (AvgIpc) is 3.28. The zero-order chi connectivity index (χ0) is 20.2. The van der Waals surface area contributed by atoms with Crippen LogP contribution in [-0.4, -0.2) is 26.5 Å². The van der Waals surface area contributed by atoms with Crippen LogP contribution in [0.1, 0.15) is 17.5 Å². The average molecular weight is 383 g/mol. The highest BCUT2D eigenvalue weighted by Gasteiger charge is 2.12. The van der Waals surface area contributed by atoms with Gasteiger partial charge in [0.1, 0.15) is 0 Å². The Hall–Kier alpha value is -3.80. The van der Waals surface area contributed by atoms with Gasteiger partial charge in [0, 0.05) is 12.0 Å². The van der Waals surface area contributed by atoms with Gasteiger partial charge in [-0.25, -0.2) is 0 Å². The summed E-state index contributed by atoms with van der Waals surface area (Å²) < 4.78 is 0. The molecule has 1 amide bonds. The van der Waals surface area contributed by atoms with Crippen LogP contribution < -0.4 is 5.73 Å². The van der Waals surface area contributed by atoms with Crippen molar-refractivity contribution < 1.29 is 4.79 Å². The molecule has 0 saturated heterocycles. The summed E-state index contributed by atoms with van der Waals surface area (Å²) in [4.78, 5) is 11.1. The number of aromatic nitrogens is 4. The van der Waals surface area contributed by atoms with Crippen LogP contribution >= 0.6 is 0 Å². The Balaban J connectivity index is 1.67. The predicted molar refractivity (Wildman–Crippen MR) is 113 cm³/mol. The van der Waals surface area contributed by atoms with Gasteiger partial charge >= 0.3 is 0 Å². The van der Waals surface area contributed by atoms with E-state index in [9.17, 15) is 4.79 Å².